The van der Waals surface area contributed by atoms with Gasteiger partial charge in [0.25, 0.3) is 5.91 Å². The van der Waals surface area contributed by atoms with Crippen LogP contribution in [0.15, 0.2) is 42.5 Å². The van der Waals surface area contributed by atoms with Crippen molar-refractivity contribution in [2.45, 2.75) is 20.4 Å². The van der Waals surface area contributed by atoms with Gasteiger partial charge < -0.3 is 10.6 Å². The molecule has 0 saturated heterocycles. The highest BCUT2D eigenvalue weighted by Gasteiger charge is 2.03. The molecule has 2 aromatic carbocycles. The molecule has 0 aromatic heterocycles. The Labute approximate surface area is 120 Å². The number of carbonyl (C=O) groups excluding carboxylic acids is 1. The maximum atomic E-state index is 11.5. The second-order valence-electron chi connectivity index (χ2n) is 4.94. The van der Waals surface area contributed by atoms with Gasteiger partial charge in [0.1, 0.15) is 0 Å². The molecule has 0 aliphatic rings. The van der Waals surface area contributed by atoms with E-state index < -0.39 is 0 Å². The standard InChI is InChI=1S/C17H20N2O/c1-12-4-5-13(2)15(10-12)11-19-16-8-6-14(7-9-16)17(20)18-3/h4-10,19H,11H2,1-3H3,(H,18,20). The van der Waals surface area contributed by atoms with Crippen LogP contribution in [0.4, 0.5) is 5.69 Å². The van der Waals surface area contributed by atoms with Gasteiger partial charge in [0.05, 0.1) is 0 Å². The maximum absolute atomic E-state index is 11.5. The first-order chi connectivity index (χ1) is 9.60. The van der Waals surface area contributed by atoms with Crippen LogP contribution in [0.25, 0.3) is 0 Å². The van der Waals surface area contributed by atoms with Crippen molar-refractivity contribution in [2.24, 2.45) is 0 Å². The SMILES string of the molecule is CNC(=O)c1ccc(NCc2cc(C)ccc2C)cc1. The molecule has 0 saturated carbocycles. The minimum Gasteiger partial charge on any atom is -0.381 e. The van der Waals surface area contributed by atoms with Crippen LogP contribution in [0.5, 0.6) is 0 Å². The van der Waals surface area contributed by atoms with Gasteiger partial charge in [-0.25, -0.2) is 0 Å². The van der Waals surface area contributed by atoms with Crippen molar-refractivity contribution >= 4 is 11.6 Å². The summed E-state index contributed by atoms with van der Waals surface area (Å²) in [6.07, 6.45) is 0. The highest BCUT2D eigenvalue weighted by Crippen LogP contribution is 2.14. The molecule has 20 heavy (non-hydrogen) atoms. The molecule has 0 fully saturated rings. The zero-order valence-corrected chi connectivity index (χ0v) is 12.2. The lowest BCUT2D eigenvalue weighted by molar-refractivity contribution is 0.0963. The summed E-state index contributed by atoms with van der Waals surface area (Å²) < 4.78 is 0. The van der Waals surface area contributed by atoms with E-state index in [4.69, 9.17) is 0 Å². The number of anilines is 1. The molecular weight excluding hydrogens is 248 g/mol. The van der Waals surface area contributed by atoms with Gasteiger partial charge in [0.15, 0.2) is 0 Å². The third-order valence-corrected chi connectivity index (χ3v) is 3.36. The van der Waals surface area contributed by atoms with Gasteiger partial charge in [-0.2, -0.15) is 0 Å². The Morgan fingerprint density at radius 2 is 1.75 bits per heavy atom. The van der Waals surface area contributed by atoms with E-state index in [1.54, 1.807) is 7.05 Å². The van der Waals surface area contributed by atoms with E-state index in [9.17, 15) is 4.79 Å². The average Bonchev–Trinajstić information content (AvgIpc) is 2.48. The van der Waals surface area contributed by atoms with E-state index in [0.29, 0.717) is 5.56 Å². The van der Waals surface area contributed by atoms with Crippen molar-refractivity contribution in [3.63, 3.8) is 0 Å². The molecule has 0 atom stereocenters. The average molecular weight is 268 g/mol. The van der Waals surface area contributed by atoms with E-state index in [1.165, 1.54) is 16.7 Å². The van der Waals surface area contributed by atoms with Crippen LogP contribution in [0.2, 0.25) is 0 Å². The van der Waals surface area contributed by atoms with Crippen LogP contribution >= 0.6 is 0 Å². The van der Waals surface area contributed by atoms with Gasteiger partial charge in [0.2, 0.25) is 0 Å². The molecule has 0 bridgehead atoms. The Morgan fingerprint density at radius 1 is 1.05 bits per heavy atom. The lowest BCUT2D eigenvalue weighted by Gasteiger charge is -2.10. The molecule has 2 aromatic rings. The number of hydrogen-bond donors (Lipinski definition) is 2. The van der Waals surface area contributed by atoms with Crippen LogP contribution in [0.1, 0.15) is 27.0 Å². The molecule has 0 spiro atoms. The lowest BCUT2D eigenvalue weighted by Crippen LogP contribution is -2.17. The minimum atomic E-state index is -0.0638. The number of carbonyl (C=O) groups is 1. The minimum absolute atomic E-state index is 0.0638. The second kappa shape index (κ2) is 6.24. The number of nitrogens with one attached hydrogen (secondary N) is 2. The molecule has 1 amide bonds. The fourth-order valence-electron chi connectivity index (χ4n) is 2.07. The summed E-state index contributed by atoms with van der Waals surface area (Å²) in [7, 11) is 1.63. The summed E-state index contributed by atoms with van der Waals surface area (Å²) in [5, 5.41) is 5.99. The van der Waals surface area contributed by atoms with E-state index >= 15 is 0 Å². The van der Waals surface area contributed by atoms with Crippen LogP contribution in [0.3, 0.4) is 0 Å². The zero-order chi connectivity index (χ0) is 14.5. The molecule has 0 aliphatic heterocycles. The summed E-state index contributed by atoms with van der Waals surface area (Å²) in [5.41, 5.74) is 5.52. The number of hydrogen-bond acceptors (Lipinski definition) is 2. The summed E-state index contributed by atoms with van der Waals surface area (Å²) in [5.74, 6) is -0.0638. The fraction of sp³-hybridized carbons (Fsp3) is 0.235. The Bertz CT molecular complexity index is 603. The quantitative estimate of drug-likeness (QED) is 0.893. The topological polar surface area (TPSA) is 41.1 Å². The number of rotatable bonds is 4. The molecule has 0 aliphatic carbocycles. The highest BCUT2D eigenvalue weighted by molar-refractivity contribution is 5.94. The van der Waals surface area contributed by atoms with E-state index in [2.05, 4.69) is 42.7 Å². The summed E-state index contributed by atoms with van der Waals surface area (Å²) >= 11 is 0. The normalized spacial score (nSPS) is 10.2. The molecule has 0 unspecified atom stereocenters. The van der Waals surface area contributed by atoms with Crippen LogP contribution in [-0.2, 0) is 6.54 Å². The van der Waals surface area contributed by atoms with Gasteiger partial charge in [-0.15, -0.1) is 0 Å². The summed E-state index contributed by atoms with van der Waals surface area (Å²) in [6, 6.07) is 14.0. The molecular formula is C17H20N2O. The Kier molecular flexibility index (Phi) is 4.41. The predicted octanol–water partition coefficient (Wildman–Crippen LogP) is 3.28. The van der Waals surface area contributed by atoms with Crippen LogP contribution < -0.4 is 10.6 Å². The first-order valence-corrected chi connectivity index (χ1v) is 6.72. The third-order valence-electron chi connectivity index (χ3n) is 3.36. The van der Waals surface area contributed by atoms with Gasteiger partial charge in [-0.05, 0) is 49.2 Å². The van der Waals surface area contributed by atoms with Crippen molar-refractivity contribution in [3.8, 4) is 0 Å². The molecule has 2 N–H and O–H groups in total. The largest absolute Gasteiger partial charge is 0.381 e. The highest BCUT2D eigenvalue weighted by atomic mass is 16.1. The smallest absolute Gasteiger partial charge is 0.251 e. The maximum Gasteiger partial charge on any atom is 0.251 e. The Balaban J connectivity index is 2.04. The summed E-state index contributed by atoms with van der Waals surface area (Å²) in [4.78, 5) is 11.5. The van der Waals surface area contributed by atoms with Gasteiger partial charge >= 0.3 is 0 Å². The van der Waals surface area contributed by atoms with Gasteiger partial charge in [-0.1, -0.05) is 23.8 Å². The lowest BCUT2D eigenvalue weighted by atomic mass is 10.1. The first kappa shape index (κ1) is 14.1. The number of amides is 1. The van der Waals surface area contributed by atoms with E-state index in [1.807, 2.05) is 24.3 Å². The monoisotopic (exact) mass is 268 g/mol. The fourth-order valence-corrected chi connectivity index (χ4v) is 2.07. The Hall–Kier alpha value is -2.29. The Morgan fingerprint density at radius 3 is 2.40 bits per heavy atom. The molecule has 104 valence electrons. The van der Waals surface area contributed by atoms with Crippen molar-refractivity contribution in [2.75, 3.05) is 12.4 Å². The van der Waals surface area contributed by atoms with Gasteiger partial charge in [0, 0.05) is 24.8 Å². The van der Waals surface area contributed by atoms with Crippen LogP contribution in [-0.4, -0.2) is 13.0 Å². The van der Waals surface area contributed by atoms with Crippen molar-refractivity contribution in [1.82, 2.24) is 5.32 Å². The molecule has 0 radical (unpaired) electrons. The van der Waals surface area contributed by atoms with E-state index in [0.717, 1.165) is 12.2 Å². The molecule has 3 heteroatoms. The van der Waals surface area contributed by atoms with Crippen LogP contribution in [0, 0.1) is 13.8 Å². The summed E-state index contributed by atoms with van der Waals surface area (Å²) in [6.45, 7) is 5.00. The van der Waals surface area contributed by atoms with E-state index in [-0.39, 0.29) is 5.91 Å². The van der Waals surface area contributed by atoms with Crippen molar-refractivity contribution in [3.05, 3.63) is 64.7 Å². The number of aryl methyl sites for hydroxylation is 2. The van der Waals surface area contributed by atoms with Crippen molar-refractivity contribution in [1.29, 1.82) is 0 Å². The number of benzene rings is 2. The molecule has 0 heterocycles. The zero-order valence-electron chi connectivity index (χ0n) is 12.2. The molecule has 3 nitrogen and oxygen atoms in total. The second-order valence-corrected chi connectivity index (χ2v) is 4.94. The molecule has 2 rings (SSSR count). The van der Waals surface area contributed by atoms with Gasteiger partial charge in [-0.3, -0.25) is 4.79 Å². The third kappa shape index (κ3) is 3.38. The first-order valence-electron chi connectivity index (χ1n) is 6.72. The van der Waals surface area contributed by atoms with Crippen molar-refractivity contribution < 1.29 is 4.79 Å². The predicted molar refractivity (Wildman–Crippen MR) is 83.1 cm³/mol.